The zero-order valence-electron chi connectivity index (χ0n) is 8.68. The molecule has 0 fully saturated rings. The highest BCUT2D eigenvalue weighted by Gasteiger charge is 2.07. The Morgan fingerprint density at radius 1 is 1.38 bits per heavy atom. The van der Waals surface area contributed by atoms with Crippen molar-refractivity contribution in [3.63, 3.8) is 0 Å². The first-order valence-electron chi connectivity index (χ1n) is 4.76. The van der Waals surface area contributed by atoms with Crippen LogP contribution < -0.4 is 5.32 Å². The summed E-state index contributed by atoms with van der Waals surface area (Å²) in [5, 5.41) is 12.0. The van der Waals surface area contributed by atoms with Crippen LogP contribution in [0.2, 0.25) is 0 Å². The molecule has 0 spiro atoms. The van der Waals surface area contributed by atoms with Gasteiger partial charge in [0.05, 0.1) is 0 Å². The summed E-state index contributed by atoms with van der Waals surface area (Å²) in [6, 6.07) is 0. The molecule has 76 valence electrons. The molecule has 0 aromatic carbocycles. The Hall–Kier alpha value is -0.830. The van der Waals surface area contributed by atoms with E-state index in [0.717, 1.165) is 25.1 Å². The first-order chi connectivity index (χ1) is 6.13. The minimum Gasteiger partial charge on any atom is -0.478 e. The zero-order valence-corrected chi connectivity index (χ0v) is 8.68. The van der Waals surface area contributed by atoms with Gasteiger partial charge in [-0.25, -0.2) is 4.79 Å². The van der Waals surface area contributed by atoms with Crippen LogP contribution in [0.1, 0.15) is 33.6 Å². The molecule has 0 heterocycles. The van der Waals surface area contributed by atoms with Crippen molar-refractivity contribution in [2.45, 2.75) is 33.6 Å². The first kappa shape index (κ1) is 12.2. The van der Waals surface area contributed by atoms with Crippen LogP contribution in [0.5, 0.6) is 0 Å². The van der Waals surface area contributed by atoms with Gasteiger partial charge in [0.15, 0.2) is 0 Å². The third-order valence-corrected chi connectivity index (χ3v) is 2.05. The Balaban J connectivity index is 4.14. The van der Waals surface area contributed by atoms with Crippen molar-refractivity contribution in [3.8, 4) is 0 Å². The van der Waals surface area contributed by atoms with E-state index in [1.165, 1.54) is 0 Å². The number of carboxylic acids is 1. The second-order valence-electron chi connectivity index (χ2n) is 3.02. The maximum absolute atomic E-state index is 10.7. The molecule has 0 radical (unpaired) electrons. The van der Waals surface area contributed by atoms with E-state index in [1.54, 1.807) is 0 Å². The first-order valence-corrected chi connectivity index (χ1v) is 4.76. The topological polar surface area (TPSA) is 49.3 Å². The largest absolute Gasteiger partial charge is 0.478 e. The highest BCUT2D eigenvalue weighted by atomic mass is 16.4. The fraction of sp³-hybridized carbons (Fsp3) is 0.700. The van der Waals surface area contributed by atoms with Gasteiger partial charge in [0.1, 0.15) is 0 Å². The molecule has 0 aliphatic carbocycles. The SMILES string of the molecule is CCNCCC(C)=C(CC)C(=O)O. The zero-order chi connectivity index (χ0) is 10.3. The fourth-order valence-electron chi connectivity index (χ4n) is 1.24. The molecule has 0 atom stereocenters. The molecule has 0 aliphatic rings. The van der Waals surface area contributed by atoms with Gasteiger partial charge < -0.3 is 10.4 Å². The van der Waals surface area contributed by atoms with Crippen LogP contribution in [0, 0.1) is 0 Å². The fourth-order valence-corrected chi connectivity index (χ4v) is 1.24. The van der Waals surface area contributed by atoms with Gasteiger partial charge in [0.25, 0.3) is 0 Å². The van der Waals surface area contributed by atoms with E-state index in [9.17, 15) is 4.79 Å². The van der Waals surface area contributed by atoms with E-state index >= 15 is 0 Å². The molecular formula is C10H19NO2. The summed E-state index contributed by atoms with van der Waals surface area (Å²) in [5.41, 5.74) is 1.54. The number of aliphatic carboxylic acids is 1. The van der Waals surface area contributed by atoms with E-state index in [4.69, 9.17) is 5.11 Å². The lowest BCUT2D eigenvalue weighted by molar-refractivity contribution is -0.132. The van der Waals surface area contributed by atoms with Gasteiger partial charge in [-0.2, -0.15) is 0 Å². The molecular weight excluding hydrogens is 166 g/mol. The number of carboxylic acid groups (broad SMARTS) is 1. The third-order valence-electron chi connectivity index (χ3n) is 2.05. The maximum atomic E-state index is 10.7. The molecule has 13 heavy (non-hydrogen) atoms. The van der Waals surface area contributed by atoms with Gasteiger partial charge in [-0.1, -0.05) is 19.4 Å². The van der Waals surface area contributed by atoms with Crippen molar-refractivity contribution >= 4 is 5.97 Å². The summed E-state index contributed by atoms with van der Waals surface area (Å²) in [6.07, 6.45) is 1.43. The number of hydrogen-bond acceptors (Lipinski definition) is 2. The molecule has 0 aliphatic heterocycles. The van der Waals surface area contributed by atoms with Crippen molar-refractivity contribution in [1.82, 2.24) is 5.32 Å². The summed E-state index contributed by atoms with van der Waals surface area (Å²) >= 11 is 0. The number of hydrogen-bond donors (Lipinski definition) is 2. The molecule has 3 heteroatoms. The van der Waals surface area contributed by atoms with E-state index in [-0.39, 0.29) is 0 Å². The molecule has 0 aromatic heterocycles. The highest BCUT2D eigenvalue weighted by Crippen LogP contribution is 2.11. The van der Waals surface area contributed by atoms with Crippen molar-refractivity contribution in [2.75, 3.05) is 13.1 Å². The second kappa shape index (κ2) is 6.66. The molecule has 0 saturated heterocycles. The highest BCUT2D eigenvalue weighted by molar-refractivity contribution is 5.87. The number of carbonyl (C=O) groups is 1. The van der Waals surface area contributed by atoms with E-state index in [1.807, 2.05) is 20.8 Å². The van der Waals surface area contributed by atoms with Crippen LogP contribution >= 0.6 is 0 Å². The minimum absolute atomic E-state index is 0.554. The second-order valence-corrected chi connectivity index (χ2v) is 3.02. The molecule has 0 rings (SSSR count). The van der Waals surface area contributed by atoms with Crippen molar-refractivity contribution in [2.24, 2.45) is 0 Å². The van der Waals surface area contributed by atoms with Crippen LogP contribution in [0.3, 0.4) is 0 Å². The molecule has 2 N–H and O–H groups in total. The van der Waals surface area contributed by atoms with E-state index in [2.05, 4.69) is 5.32 Å². The van der Waals surface area contributed by atoms with Crippen molar-refractivity contribution < 1.29 is 9.90 Å². The molecule has 3 nitrogen and oxygen atoms in total. The normalized spacial score (nSPS) is 12.5. The van der Waals surface area contributed by atoms with Crippen LogP contribution in [0.25, 0.3) is 0 Å². The maximum Gasteiger partial charge on any atom is 0.331 e. The standard InChI is InChI=1S/C10H19NO2/c1-4-9(10(12)13)8(3)6-7-11-5-2/h11H,4-7H2,1-3H3,(H,12,13). The summed E-state index contributed by atoms with van der Waals surface area (Å²) in [7, 11) is 0. The van der Waals surface area contributed by atoms with Gasteiger partial charge in [-0.15, -0.1) is 0 Å². The van der Waals surface area contributed by atoms with Gasteiger partial charge in [0.2, 0.25) is 0 Å². The Kier molecular flexibility index (Phi) is 6.24. The molecule has 0 unspecified atom stereocenters. The average molecular weight is 185 g/mol. The Morgan fingerprint density at radius 2 is 2.00 bits per heavy atom. The minimum atomic E-state index is -0.781. The lowest BCUT2D eigenvalue weighted by Gasteiger charge is -2.06. The van der Waals surface area contributed by atoms with Crippen LogP contribution in [0.15, 0.2) is 11.1 Å². The quantitative estimate of drug-likeness (QED) is 0.490. The van der Waals surface area contributed by atoms with Crippen molar-refractivity contribution in [3.05, 3.63) is 11.1 Å². The smallest absolute Gasteiger partial charge is 0.331 e. The van der Waals surface area contributed by atoms with Crippen LogP contribution in [-0.4, -0.2) is 24.2 Å². The summed E-state index contributed by atoms with van der Waals surface area (Å²) in [6.45, 7) is 7.60. The lowest BCUT2D eigenvalue weighted by Crippen LogP contribution is -2.15. The molecule has 0 aromatic rings. The predicted molar refractivity (Wildman–Crippen MR) is 53.8 cm³/mol. The molecule has 0 bridgehead atoms. The summed E-state index contributed by atoms with van der Waals surface area (Å²) in [4.78, 5) is 10.7. The lowest BCUT2D eigenvalue weighted by atomic mass is 10.0. The average Bonchev–Trinajstić information content (AvgIpc) is 2.05. The van der Waals surface area contributed by atoms with E-state index in [0.29, 0.717) is 12.0 Å². The van der Waals surface area contributed by atoms with Crippen LogP contribution in [-0.2, 0) is 4.79 Å². The molecule has 0 saturated carbocycles. The Labute approximate surface area is 79.8 Å². The number of rotatable bonds is 6. The summed E-state index contributed by atoms with van der Waals surface area (Å²) < 4.78 is 0. The molecule has 0 amide bonds. The van der Waals surface area contributed by atoms with Gasteiger partial charge >= 0.3 is 5.97 Å². The van der Waals surface area contributed by atoms with E-state index < -0.39 is 5.97 Å². The summed E-state index contributed by atoms with van der Waals surface area (Å²) in [5.74, 6) is -0.781. The van der Waals surface area contributed by atoms with Gasteiger partial charge in [-0.3, -0.25) is 0 Å². The third kappa shape index (κ3) is 4.68. The van der Waals surface area contributed by atoms with Gasteiger partial charge in [-0.05, 0) is 32.9 Å². The van der Waals surface area contributed by atoms with Crippen LogP contribution in [0.4, 0.5) is 0 Å². The predicted octanol–water partition coefficient (Wildman–Crippen LogP) is 1.80. The van der Waals surface area contributed by atoms with Crippen molar-refractivity contribution in [1.29, 1.82) is 0 Å². The Bertz CT molecular complexity index is 197. The Morgan fingerprint density at radius 3 is 2.38 bits per heavy atom. The monoisotopic (exact) mass is 185 g/mol. The number of nitrogens with one attached hydrogen (secondary N) is 1. The van der Waals surface area contributed by atoms with Gasteiger partial charge in [0, 0.05) is 5.57 Å².